The summed E-state index contributed by atoms with van der Waals surface area (Å²) in [4.78, 5) is 18.5. The molecular formula is C21H28ClIN4O2. The van der Waals surface area contributed by atoms with Crippen LogP contribution in [0, 0.1) is 6.92 Å². The molecule has 158 valence electrons. The Morgan fingerprint density at radius 1 is 1.21 bits per heavy atom. The van der Waals surface area contributed by atoms with E-state index in [0.717, 1.165) is 22.6 Å². The number of nitrogens with zero attached hydrogens (tertiary/aromatic N) is 2. The molecule has 0 aliphatic rings. The predicted octanol–water partition coefficient (Wildman–Crippen LogP) is 4.31. The number of halogens is 2. The second-order valence-electron chi connectivity index (χ2n) is 6.35. The highest BCUT2D eigenvalue weighted by molar-refractivity contribution is 14.0. The van der Waals surface area contributed by atoms with E-state index in [9.17, 15) is 4.79 Å². The molecule has 0 fully saturated rings. The van der Waals surface area contributed by atoms with Crippen molar-refractivity contribution < 1.29 is 9.53 Å². The Balaban J connectivity index is 0.00000420. The second-order valence-corrected chi connectivity index (χ2v) is 6.76. The van der Waals surface area contributed by atoms with E-state index in [0.29, 0.717) is 30.5 Å². The van der Waals surface area contributed by atoms with E-state index in [-0.39, 0.29) is 29.9 Å². The molecule has 0 unspecified atom stereocenters. The van der Waals surface area contributed by atoms with Crippen LogP contribution in [0.1, 0.15) is 17.5 Å². The van der Waals surface area contributed by atoms with Crippen LogP contribution >= 0.6 is 35.6 Å². The van der Waals surface area contributed by atoms with Crippen LogP contribution in [0.3, 0.4) is 0 Å². The van der Waals surface area contributed by atoms with Crippen molar-refractivity contribution in [3.8, 4) is 5.75 Å². The van der Waals surface area contributed by atoms with Gasteiger partial charge in [0.1, 0.15) is 5.75 Å². The lowest BCUT2D eigenvalue weighted by Gasteiger charge is -2.23. The number of anilines is 1. The van der Waals surface area contributed by atoms with Crippen LogP contribution in [-0.4, -0.2) is 44.5 Å². The third-order valence-electron chi connectivity index (χ3n) is 4.35. The number of para-hydroxylation sites is 1. The molecule has 0 spiro atoms. The van der Waals surface area contributed by atoms with Crippen molar-refractivity contribution in [3.63, 3.8) is 0 Å². The zero-order chi connectivity index (χ0) is 20.5. The van der Waals surface area contributed by atoms with E-state index in [1.165, 1.54) is 0 Å². The minimum Gasteiger partial charge on any atom is -0.496 e. The van der Waals surface area contributed by atoms with Crippen molar-refractivity contribution in [2.24, 2.45) is 4.99 Å². The number of carbonyl (C=O) groups excluding carboxylic acids is 1. The number of hydrogen-bond acceptors (Lipinski definition) is 3. The fraction of sp³-hybridized carbons (Fsp3) is 0.333. The molecular weight excluding hydrogens is 503 g/mol. The van der Waals surface area contributed by atoms with E-state index in [2.05, 4.69) is 15.6 Å². The largest absolute Gasteiger partial charge is 0.496 e. The van der Waals surface area contributed by atoms with Crippen LogP contribution in [-0.2, 0) is 11.3 Å². The van der Waals surface area contributed by atoms with E-state index in [1.54, 1.807) is 20.2 Å². The number of rotatable bonds is 7. The Morgan fingerprint density at radius 3 is 2.62 bits per heavy atom. The van der Waals surface area contributed by atoms with Crippen molar-refractivity contribution in [2.45, 2.75) is 19.9 Å². The lowest BCUT2D eigenvalue weighted by Crippen LogP contribution is -2.39. The Kier molecular flexibility index (Phi) is 10.8. The summed E-state index contributed by atoms with van der Waals surface area (Å²) < 4.78 is 5.40. The fourth-order valence-corrected chi connectivity index (χ4v) is 2.97. The zero-order valence-electron chi connectivity index (χ0n) is 17.2. The van der Waals surface area contributed by atoms with Gasteiger partial charge in [-0.05, 0) is 30.7 Å². The third kappa shape index (κ3) is 7.40. The first-order valence-electron chi connectivity index (χ1n) is 9.05. The van der Waals surface area contributed by atoms with Crippen LogP contribution in [0.4, 0.5) is 5.69 Å². The summed E-state index contributed by atoms with van der Waals surface area (Å²) in [6.07, 6.45) is 0.313. The van der Waals surface area contributed by atoms with Crippen molar-refractivity contribution in [2.75, 3.05) is 33.1 Å². The molecule has 0 saturated heterocycles. The summed E-state index contributed by atoms with van der Waals surface area (Å²) in [5.41, 5.74) is 2.65. The summed E-state index contributed by atoms with van der Waals surface area (Å²) in [6, 6.07) is 13.3. The Morgan fingerprint density at radius 2 is 1.93 bits per heavy atom. The number of amides is 1. The van der Waals surface area contributed by atoms with Crippen LogP contribution in [0.2, 0.25) is 5.02 Å². The number of methoxy groups -OCH3 is 1. The van der Waals surface area contributed by atoms with Crippen molar-refractivity contribution >= 4 is 53.1 Å². The monoisotopic (exact) mass is 530 g/mol. The highest BCUT2D eigenvalue weighted by Gasteiger charge is 2.11. The van der Waals surface area contributed by atoms with Gasteiger partial charge in [0.25, 0.3) is 0 Å². The first-order chi connectivity index (χ1) is 13.5. The Hall–Kier alpha value is -2.00. The van der Waals surface area contributed by atoms with E-state index < -0.39 is 0 Å². The maximum absolute atomic E-state index is 12.2. The molecule has 2 N–H and O–H groups in total. The number of aliphatic imine (C=N–C) groups is 1. The van der Waals surface area contributed by atoms with Crippen LogP contribution in [0.5, 0.6) is 5.75 Å². The van der Waals surface area contributed by atoms with Crippen LogP contribution < -0.4 is 15.4 Å². The van der Waals surface area contributed by atoms with Gasteiger partial charge in [-0.15, -0.1) is 24.0 Å². The van der Waals surface area contributed by atoms with Gasteiger partial charge in [-0.3, -0.25) is 9.79 Å². The SMILES string of the molecule is CN=C(NCCC(=O)Nc1cccc(Cl)c1C)N(C)Cc1ccccc1OC.I. The lowest BCUT2D eigenvalue weighted by atomic mass is 10.2. The van der Waals surface area contributed by atoms with Gasteiger partial charge in [0.05, 0.1) is 7.11 Å². The molecule has 0 aliphatic carbocycles. The summed E-state index contributed by atoms with van der Waals surface area (Å²) in [5.74, 6) is 1.46. The van der Waals surface area contributed by atoms with Gasteiger partial charge in [0.15, 0.2) is 5.96 Å². The van der Waals surface area contributed by atoms with Crippen LogP contribution in [0.25, 0.3) is 0 Å². The van der Waals surface area contributed by atoms with E-state index >= 15 is 0 Å². The highest BCUT2D eigenvalue weighted by atomic mass is 127. The smallest absolute Gasteiger partial charge is 0.226 e. The molecule has 2 aromatic carbocycles. The molecule has 0 atom stereocenters. The van der Waals surface area contributed by atoms with Gasteiger partial charge in [-0.2, -0.15) is 0 Å². The number of nitrogens with one attached hydrogen (secondary N) is 2. The molecule has 8 heteroatoms. The van der Waals surface area contributed by atoms with Gasteiger partial charge >= 0.3 is 0 Å². The molecule has 2 aromatic rings. The van der Waals surface area contributed by atoms with Crippen LogP contribution in [0.15, 0.2) is 47.5 Å². The first-order valence-corrected chi connectivity index (χ1v) is 9.42. The number of carbonyl (C=O) groups is 1. The average molecular weight is 531 g/mol. The van der Waals surface area contributed by atoms with E-state index in [4.69, 9.17) is 16.3 Å². The number of guanidine groups is 1. The molecule has 0 bridgehead atoms. The predicted molar refractivity (Wildman–Crippen MR) is 131 cm³/mol. The highest BCUT2D eigenvalue weighted by Crippen LogP contribution is 2.23. The molecule has 0 aromatic heterocycles. The Bertz CT molecular complexity index is 845. The lowest BCUT2D eigenvalue weighted by molar-refractivity contribution is -0.116. The summed E-state index contributed by atoms with van der Waals surface area (Å²) in [5, 5.41) is 6.74. The molecule has 29 heavy (non-hydrogen) atoms. The maximum Gasteiger partial charge on any atom is 0.226 e. The van der Waals surface area contributed by atoms with Gasteiger partial charge in [0.2, 0.25) is 5.91 Å². The zero-order valence-corrected chi connectivity index (χ0v) is 20.2. The number of benzene rings is 2. The van der Waals surface area contributed by atoms with E-state index in [1.807, 2.05) is 55.3 Å². The van der Waals surface area contributed by atoms with Gasteiger partial charge < -0.3 is 20.3 Å². The average Bonchev–Trinajstić information content (AvgIpc) is 2.69. The standard InChI is InChI=1S/C21H27ClN4O2.HI/c1-15-17(22)9-7-10-18(15)25-20(27)12-13-24-21(23-2)26(3)14-16-8-5-6-11-19(16)28-4;/h5-11H,12-14H2,1-4H3,(H,23,24)(H,25,27);1H. The van der Waals surface area contributed by atoms with Gasteiger partial charge in [0, 0.05) is 49.9 Å². The van der Waals surface area contributed by atoms with Gasteiger partial charge in [-0.1, -0.05) is 35.9 Å². The maximum atomic E-state index is 12.2. The number of ether oxygens (including phenoxy) is 1. The summed E-state index contributed by atoms with van der Waals surface area (Å²) >= 11 is 6.09. The van der Waals surface area contributed by atoms with Crippen molar-refractivity contribution in [1.82, 2.24) is 10.2 Å². The second kappa shape index (κ2) is 12.5. The van der Waals surface area contributed by atoms with Crippen molar-refractivity contribution in [1.29, 1.82) is 0 Å². The van der Waals surface area contributed by atoms with Gasteiger partial charge in [-0.25, -0.2) is 0 Å². The summed E-state index contributed by atoms with van der Waals surface area (Å²) in [7, 11) is 5.32. The molecule has 0 aliphatic heterocycles. The van der Waals surface area contributed by atoms with Crippen molar-refractivity contribution in [3.05, 3.63) is 58.6 Å². The summed E-state index contributed by atoms with van der Waals surface area (Å²) in [6.45, 7) is 2.98. The quantitative estimate of drug-likeness (QED) is 0.318. The first kappa shape index (κ1) is 25.0. The molecule has 0 saturated carbocycles. The normalized spacial score (nSPS) is 10.7. The Labute approximate surface area is 194 Å². The topological polar surface area (TPSA) is 66.0 Å². The third-order valence-corrected chi connectivity index (χ3v) is 4.76. The molecule has 6 nitrogen and oxygen atoms in total. The number of hydrogen-bond donors (Lipinski definition) is 2. The minimum atomic E-state index is -0.0827. The molecule has 1 amide bonds. The molecule has 0 heterocycles. The minimum absolute atomic E-state index is 0. The molecule has 2 rings (SSSR count). The fourth-order valence-electron chi connectivity index (χ4n) is 2.79. The molecule has 0 radical (unpaired) electrons.